The third kappa shape index (κ3) is 2.82. The van der Waals surface area contributed by atoms with Crippen LogP contribution in [0.4, 0.5) is 0 Å². The van der Waals surface area contributed by atoms with Gasteiger partial charge in [0.2, 0.25) is 0 Å². The minimum Gasteiger partial charge on any atom is -0.396 e. The average Bonchev–Trinajstić information content (AvgIpc) is 2.69. The van der Waals surface area contributed by atoms with Gasteiger partial charge in [0.15, 0.2) is 0 Å². The smallest absolute Gasteiger partial charge is 0.0802 e. The summed E-state index contributed by atoms with van der Waals surface area (Å²) in [6, 6.07) is 0. The zero-order valence-corrected chi connectivity index (χ0v) is 16.2. The summed E-state index contributed by atoms with van der Waals surface area (Å²) in [5.74, 6) is 0.339. The second kappa shape index (κ2) is 6.04. The van der Waals surface area contributed by atoms with Gasteiger partial charge in [0.1, 0.15) is 0 Å². The molecule has 0 saturated heterocycles. The molecule has 0 amide bonds. The van der Waals surface area contributed by atoms with Crippen molar-refractivity contribution in [1.29, 1.82) is 0 Å². The summed E-state index contributed by atoms with van der Waals surface area (Å²) in [6.45, 7) is 14.1. The van der Waals surface area contributed by atoms with Crippen LogP contribution in [0.25, 0.3) is 0 Å². The predicted octanol–water partition coefficient (Wildman–Crippen LogP) is 5.13. The molecule has 2 rings (SSSR count). The first kappa shape index (κ1) is 18.7. The maximum atomic E-state index is 10.1. The van der Waals surface area contributed by atoms with Gasteiger partial charge in [-0.3, -0.25) is 0 Å². The van der Waals surface area contributed by atoms with Crippen molar-refractivity contribution in [2.24, 2.45) is 22.2 Å². The lowest BCUT2D eigenvalue weighted by atomic mass is 9.48. The lowest BCUT2D eigenvalue weighted by molar-refractivity contribution is -0.0379. The molecule has 0 aromatic carbocycles. The zero-order valence-electron chi connectivity index (χ0n) is 16.2. The van der Waals surface area contributed by atoms with Gasteiger partial charge in [0.05, 0.1) is 5.60 Å². The third-order valence-corrected chi connectivity index (χ3v) is 7.47. The standard InChI is InChI=1S/C21H36O2/c1-18(2)11-8-10-16-14-17(15-22)20(5,21(16,18)6)13-9-12-19(3,4)23-7/h9-10,12,17,22H,8,11,13-15H2,1-7H3. The first-order valence-electron chi connectivity index (χ1n) is 9.07. The maximum Gasteiger partial charge on any atom is 0.0802 e. The molecule has 0 aromatic heterocycles. The number of methoxy groups -OCH3 is 1. The topological polar surface area (TPSA) is 29.5 Å². The fourth-order valence-corrected chi connectivity index (χ4v) is 5.11. The molecule has 2 heteroatoms. The summed E-state index contributed by atoms with van der Waals surface area (Å²) in [7, 11) is 1.75. The highest BCUT2D eigenvalue weighted by atomic mass is 16.5. The summed E-state index contributed by atoms with van der Waals surface area (Å²) in [6.07, 6.45) is 11.4. The molecule has 23 heavy (non-hydrogen) atoms. The fraction of sp³-hybridized carbons (Fsp3) is 0.810. The van der Waals surface area contributed by atoms with Crippen molar-refractivity contribution in [3.8, 4) is 0 Å². The Hall–Kier alpha value is -0.600. The fourth-order valence-electron chi connectivity index (χ4n) is 5.11. The number of ether oxygens (including phenoxy) is 1. The molecule has 3 unspecified atom stereocenters. The Labute approximate surface area is 143 Å². The van der Waals surface area contributed by atoms with Crippen LogP contribution in [0.3, 0.4) is 0 Å². The number of fused-ring (bicyclic) bond motifs is 1. The van der Waals surface area contributed by atoms with E-state index in [1.54, 1.807) is 12.7 Å². The highest BCUT2D eigenvalue weighted by molar-refractivity contribution is 5.32. The van der Waals surface area contributed by atoms with Crippen molar-refractivity contribution in [1.82, 2.24) is 0 Å². The molecular weight excluding hydrogens is 284 g/mol. The van der Waals surface area contributed by atoms with E-state index >= 15 is 0 Å². The Bertz CT molecular complexity index is 500. The number of rotatable bonds is 5. The van der Waals surface area contributed by atoms with Crippen LogP contribution in [0.5, 0.6) is 0 Å². The molecule has 1 N–H and O–H groups in total. The molecule has 0 aliphatic heterocycles. The van der Waals surface area contributed by atoms with Crippen LogP contribution in [-0.4, -0.2) is 24.4 Å². The molecule has 0 bridgehead atoms. The molecule has 2 aliphatic rings. The number of hydrogen-bond donors (Lipinski definition) is 1. The van der Waals surface area contributed by atoms with Crippen molar-refractivity contribution >= 4 is 0 Å². The molecule has 132 valence electrons. The monoisotopic (exact) mass is 320 g/mol. The van der Waals surface area contributed by atoms with Gasteiger partial charge >= 0.3 is 0 Å². The molecule has 0 heterocycles. The number of aliphatic hydroxyl groups excluding tert-OH is 1. The average molecular weight is 321 g/mol. The minimum atomic E-state index is -0.231. The highest BCUT2D eigenvalue weighted by Crippen LogP contribution is 2.70. The van der Waals surface area contributed by atoms with Gasteiger partial charge in [-0.15, -0.1) is 0 Å². The van der Waals surface area contributed by atoms with Gasteiger partial charge in [0.25, 0.3) is 0 Å². The van der Waals surface area contributed by atoms with Crippen molar-refractivity contribution in [3.05, 3.63) is 23.8 Å². The van der Waals surface area contributed by atoms with Crippen molar-refractivity contribution in [2.45, 2.75) is 72.8 Å². The van der Waals surface area contributed by atoms with E-state index in [0.717, 1.165) is 12.8 Å². The SMILES string of the molecule is COC(C)(C)C=CCC1(C)C(CO)CC2=CCCC(C)(C)C21C. The van der Waals surface area contributed by atoms with Crippen LogP contribution >= 0.6 is 0 Å². The van der Waals surface area contributed by atoms with E-state index in [4.69, 9.17) is 4.74 Å². The van der Waals surface area contributed by atoms with E-state index in [9.17, 15) is 5.11 Å². The quantitative estimate of drug-likeness (QED) is 0.712. The van der Waals surface area contributed by atoms with Gasteiger partial charge in [-0.2, -0.15) is 0 Å². The van der Waals surface area contributed by atoms with Crippen molar-refractivity contribution in [3.63, 3.8) is 0 Å². The number of aliphatic hydroxyl groups is 1. The van der Waals surface area contributed by atoms with Crippen LogP contribution in [0.2, 0.25) is 0 Å². The molecule has 3 atom stereocenters. The van der Waals surface area contributed by atoms with Crippen LogP contribution in [0, 0.1) is 22.2 Å². The summed E-state index contributed by atoms with van der Waals surface area (Å²) >= 11 is 0. The van der Waals surface area contributed by atoms with E-state index in [-0.39, 0.29) is 28.5 Å². The molecule has 2 aliphatic carbocycles. The Balaban J connectivity index is 2.39. The molecule has 0 aromatic rings. The highest BCUT2D eigenvalue weighted by Gasteiger charge is 2.62. The number of hydrogen-bond acceptors (Lipinski definition) is 2. The van der Waals surface area contributed by atoms with Crippen molar-refractivity contribution < 1.29 is 9.84 Å². The van der Waals surface area contributed by atoms with Crippen LogP contribution in [0.15, 0.2) is 23.8 Å². The molecular formula is C21H36O2. The van der Waals surface area contributed by atoms with Crippen molar-refractivity contribution in [2.75, 3.05) is 13.7 Å². The molecule has 0 radical (unpaired) electrons. The van der Waals surface area contributed by atoms with Gasteiger partial charge < -0.3 is 9.84 Å². The zero-order chi connectivity index (χ0) is 17.5. The molecule has 2 nitrogen and oxygen atoms in total. The van der Waals surface area contributed by atoms with E-state index in [2.05, 4.69) is 59.8 Å². The Morgan fingerprint density at radius 1 is 1.30 bits per heavy atom. The third-order valence-electron chi connectivity index (χ3n) is 7.47. The minimum absolute atomic E-state index is 0.0812. The first-order chi connectivity index (χ1) is 10.5. The lowest BCUT2D eigenvalue weighted by Gasteiger charge is -2.55. The Kier molecular flexibility index (Phi) is 4.92. The van der Waals surface area contributed by atoms with E-state index in [1.165, 1.54) is 12.8 Å². The predicted molar refractivity (Wildman–Crippen MR) is 97.3 cm³/mol. The van der Waals surface area contributed by atoms with Gasteiger partial charge in [0, 0.05) is 13.7 Å². The summed E-state index contributed by atoms with van der Waals surface area (Å²) in [5, 5.41) is 10.1. The van der Waals surface area contributed by atoms with Gasteiger partial charge in [-0.1, -0.05) is 51.5 Å². The van der Waals surface area contributed by atoms with Crippen LogP contribution < -0.4 is 0 Å². The Morgan fingerprint density at radius 2 is 1.96 bits per heavy atom. The normalized spacial score (nSPS) is 37.0. The van der Waals surface area contributed by atoms with Gasteiger partial charge in [-0.05, 0) is 61.7 Å². The maximum absolute atomic E-state index is 10.1. The molecule has 0 spiro atoms. The molecule has 1 saturated carbocycles. The molecule has 1 fully saturated rings. The van der Waals surface area contributed by atoms with E-state index < -0.39 is 0 Å². The summed E-state index contributed by atoms with van der Waals surface area (Å²) in [4.78, 5) is 0. The summed E-state index contributed by atoms with van der Waals surface area (Å²) < 4.78 is 5.51. The van der Waals surface area contributed by atoms with Gasteiger partial charge in [-0.25, -0.2) is 0 Å². The lowest BCUT2D eigenvalue weighted by Crippen LogP contribution is -2.49. The largest absolute Gasteiger partial charge is 0.396 e. The van der Waals surface area contributed by atoms with E-state index in [1.807, 2.05) is 0 Å². The first-order valence-corrected chi connectivity index (χ1v) is 9.07. The number of allylic oxidation sites excluding steroid dienone is 3. The second-order valence-corrected chi connectivity index (χ2v) is 9.19. The summed E-state index contributed by atoms with van der Waals surface area (Å²) in [5.41, 5.74) is 1.84. The van der Waals surface area contributed by atoms with Crippen LogP contribution in [-0.2, 0) is 4.74 Å². The Morgan fingerprint density at radius 3 is 2.52 bits per heavy atom. The van der Waals surface area contributed by atoms with Crippen LogP contribution in [0.1, 0.15) is 67.2 Å². The van der Waals surface area contributed by atoms with E-state index in [0.29, 0.717) is 5.92 Å². The second-order valence-electron chi connectivity index (χ2n) is 9.19.